The average Bonchev–Trinajstić information content (AvgIpc) is 3.17. The Morgan fingerprint density at radius 1 is 1.09 bits per heavy atom. The summed E-state index contributed by atoms with van der Waals surface area (Å²) in [4.78, 5) is 24.5. The monoisotopic (exact) mass is 470 g/mol. The van der Waals surface area contributed by atoms with Crippen molar-refractivity contribution in [3.05, 3.63) is 53.6 Å². The van der Waals surface area contributed by atoms with E-state index in [1.54, 1.807) is 27.5 Å². The minimum absolute atomic E-state index is 0.0592. The molecule has 2 aromatic carbocycles. The quantitative estimate of drug-likeness (QED) is 0.408. The molecule has 0 aliphatic carbocycles. The second-order valence-electron chi connectivity index (χ2n) is 7.01. The van der Waals surface area contributed by atoms with Gasteiger partial charge in [0.25, 0.3) is 0 Å². The highest BCUT2D eigenvalue weighted by molar-refractivity contribution is 8.15. The summed E-state index contributed by atoms with van der Waals surface area (Å²) in [5.41, 5.74) is 1.85. The minimum Gasteiger partial charge on any atom is -0.497 e. The fourth-order valence-corrected chi connectivity index (χ4v) is 3.97. The molecule has 174 valence electrons. The normalized spacial score (nSPS) is 16.6. The van der Waals surface area contributed by atoms with E-state index in [0.29, 0.717) is 29.6 Å². The molecule has 0 radical (unpaired) electrons. The highest BCUT2D eigenvalue weighted by atomic mass is 32.2. The molecule has 1 fully saturated rings. The molecule has 2 aromatic rings. The van der Waals surface area contributed by atoms with Crippen LogP contribution in [0.15, 0.2) is 52.7 Å². The Bertz CT molecular complexity index is 1040. The van der Waals surface area contributed by atoms with E-state index in [1.165, 1.54) is 11.8 Å². The summed E-state index contributed by atoms with van der Waals surface area (Å²) in [6.45, 7) is 0.445. The molecule has 1 unspecified atom stereocenters. The molecule has 2 N–H and O–H groups in total. The van der Waals surface area contributed by atoms with Crippen molar-refractivity contribution in [3.8, 4) is 17.2 Å². The van der Waals surface area contributed by atoms with Gasteiger partial charge < -0.3 is 24.8 Å². The Morgan fingerprint density at radius 3 is 2.55 bits per heavy atom. The molecule has 1 atom stereocenters. The molecule has 0 saturated carbocycles. The summed E-state index contributed by atoms with van der Waals surface area (Å²) in [7, 11) is 4.76. The predicted molar refractivity (Wildman–Crippen MR) is 128 cm³/mol. The van der Waals surface area contributed by atoms with Crippen molar-refractivity contribution in [1.29, 1.82) is 0 Å². The van der Waals surface area contributed by atoms with Crippen molar-refractivity contribution >= 4 is 35.0 Å². The van der Waals surface area contributed by atoms with Crippen LogP contribution in [0.2, 0.25) is 0 Å². The van der Waals surface area contributed by atoms with Gasteiger partial charge in [-0.15, -0.1) is 5.10 Å². The van der Waals surface area contributed by atoms with E-state index < -0.39 is 5.25 Å². The lowest BCUT2D eigenvalue weighted by Gasteiger charge is -2.10. The number of amides is 2. The Hall–Kier alpha value is -3.53. The second-order valence-corrected chi connectivity index (χ2v) is 8.20. The number of hydrogen-bond acceptors (Lipinski definition) is 8. The Morgan fingerprint density at radius 2 is 1.85 bits per heavy atom. The van der Waals surface area contributed by atoms with Gasteiger partial charge in [-0.3, -0.25) is 9.59 Å². The van der Waals surface area contributed by atoms with Gasteiger partial charge in [0, 0.05) is 13.0 Å². The number of rotatable bonds is 10. The predicted octanol–water partition coefficient (Wildman–Crippen LogP) is 2.38. The van der Waals surface area contributed by atoms with Gasteiger partial charge in [0.15, 0.2) is 16.7 Å². The van der Waals surface area contributed by atoms with E-state index in [9.17, 15) is 9.59 Å². The summed E-state index contributed by atoms with van der Waals surface area (Å²) in [6, 6.07) is 13.0. The number of ether oxygens (including phenoxy) is 3. The van der Waals surface area contributed by atoms with Crippen LogP contribution in [0.25, 0.3) is 0 Å². The van der Waals surface area contributed by atoms with Crippen LogP contribution in [-0.2, 0) is 16.0 Å². The molecule has 1 heterocycles. The number of nitrogens with zero attached hydrogens (tertiary/aromatic N) is 2. The van der Waals surface area contributed by atoms with Crippen LogP contribution in [0.4, 0.5) is 0 Å². The molecule has 0 bridgehead atoms. The van der Waals surface area contributed by atoms with Gasteiger partial charge in [0.1, 0.15) is 11.0 Å². The minimum atomic E-state index is -0.541. The highest BCUT2D eigenvalue weighted by Crippen LogP contribution is 2.27. The topological polar surface area (TPSA) is 111 Å². The first-order valence-corrected chi connectivity index (χ1v) is 11.1. The van der Waals surface area contributed by atoms with E-state index in [1.807, 2.05) is 42.5 Å². The third kappa shape index (κ3) is 6.98. The van der Waals surface area contributed by atoms with Gasteiger partial charge in [0.05, 0.1) is 27.5 Å². The molecular formula is C23H26N4O5S. The van der Waals surface area contributed by atoms with Crippen molar-refractivity contribution < 1.29 is 23.8 Å². The first-order chi connectivity index (χ1) is 16.0. The van der Waals surface area contributed by atoms with Gasteiger partial charge in [-0.25, -0.2) is 0 Å². The fraction of sp³-hybridized carbons (Fsp3) is 0.304. The van der Waals surface area contributed by atoms with Gasteiger partial charge in [-0.1, -0.05) is 17.8 Å². The fourth-order valence-electron chi connectivity index (χ4n) is 3.05. The van der Waals surface area contributed by atoms with Crippen LogP contribution in [0.5, 0.6) is 17.2 Å². The summed E-state index contributed by atoms with van der Waals surface area (Å²) in [5, 5.41) is 13.4. The lowest BCUT2D eigenvalue weighted by molar-refractivity contribution is -0.125. The number of carbonyl (C=O) groups excluding carboxylic acids is 2. The smallest absolute Gasteiger partial charge is 0.240 e. The Balaban J connectivity index is 1.45. The van der Waals surface area contributed by atoms with Crippen LogP contribution in [0.1, 0.15) is 17.5 Å². The van der Waals surface area contributed by atoms with E-state index in [2.05, 4.69) is 20.8 Å². The third-order valence-corrected chi connectivity index (χ3v) is 5.87. The van der Waals surface area contributed by atoms with Crippen molar-refractivity contribution in [2.75, 3.05) is 27.9 Å². The van der Waals surface area contributed by atoms with Crippen molar-refractivity contribution in [1.82, 2.24) is 10.6 Å². The zero-order chi connectivity index (χ0) is 23.6. The van der Waals surface area contributed by atoms with Crippen LogP contribution >= 0.6 is 11.8 Å². The number of carbonyl (C=O) groups is 2. The lowest BCUT2D eigenvalue weighted by Crippen LogP contribution is -2.32. The van der Waals surface area contributed by atoms with Gasteiger partial charge in [-0.05, 0) is 53.9 Å². The summed E-state index contributed by atoms with van der Waals surface area (Å²) >= 11 is 1.19. The van der Waals surface area contributed by atoms with Crippen LogP contribution in [0, 0.1) is 0 Å². The molecule has 1 aliphatic heterocycles. The molecule has 0 aromatic heterocycles. The lowest BCUT2D eigenvalue weighted by atomic mass is 10.1. The molecule has 10 heteroatoms. The van der Waals surface area contributed by atoms with Crippen LogP contribution in [-0.4, -0.2) is 56.3 Å². The maximum Gasteiger partial charge on any atom is 0.240 e. The van der Waals surface area contributed by atoms with Crippen LogP contribution < -0.4 is 24.8 Å². The average molecular weight is 471 g/mol. The van der Waals surface area contributed by atoms with E-state index >= 15 is 0 Å². The van der Waals surface area contributed by atoms with E-state index in [-0.39, 0.29) is 18.2 Å². The molecule has 1 aliphatic rings. The van der Waals surface area contributed by atoms with E-state index in [0.717, 1.165) is 16.9 Å². The van der Waals surface area contributed by atoms with Crippen molar-refractivity contribution in [3.63, 3.8) is 0 Å². The summed E-state index contributed by atoms with van der Waals surface area (Å²) < 4.78 is 15.6. The first-order valence-electron chi connectivity index (χ1n) is 10.2. The van der Waals surface area contributed by atoms with Crippen molar-refractivity contribution in [2.24, 2.45) is 10.2 Å². The molecule has 3 rings (SSSR count). The van der Waals surface area contributed by atoms with Gasteiger partial charge in [0.2, 0.25) is 11.8 Å². The maximum absolute atomic E-state index is 12.3. The number of thioether (sulfide) groups is 1. The SMILES string of the molecule is COc1ccc(/C=N/N=C2\NC(=O)C(CC(=O)NCCc3ccc(OC)c(OC)c3)S2)cc1. The zero-order valence-electron chi connectivity index (χ0n) is 18.7. The zero-order valence-corrected chi connectivity index (χ0v) is 19.5. The number of nitrogens with one attached hydrogen (secondary N) is 2. The maximum atomic E-state index is 12.3. The number of methoxy groups -OCH3 is 3. The number of hydrogen-bond donors (Lipinski definition) is 2. The van der Waals surface area contributed by atoms with E-state index in [4.69, 9.17) is 14.2 Å². The van der Waals surface area contributed by atoms with Crippen molar-refractivity contribution in [2.45, 2.75) is 18.1 Å². The first kappa shape index (κ1) is 24.1. The summed E-state index contributed by atoms with van der Waals surface area (Å²) in [5.74, 6) is 1.59. The largest absolute Gasteiger partial charge is 0.497 e. The third-order valence-electron chi connectivity index (χ3n) is 4.80. The highest BCUT2D eigenvalue weighted by Gasteiger charge is 2.32. The second kappa shape index (κ2) is 11.9. The Kier molecular flexibility index (Phi) is 8.71. The molecular weight excluding hydrogens is 444 g/mol. The molecule has 9 nitrogen and oxygen atoms in total. The Labute approximate surface area is 196 Å². The van der Waals surface area contributed by atoms with Crippen LogP contribution in [0.3, 0.4) is 0 Å². The standard InChI is InChI=1S/C23H26N4O5S/c1-30-17-7-4-16(5-8-17)14-25-27-23-26-22(29)20(33-23)13-21(28)24-11-10-15-6-9-18(31-2)19(12-15)32-3/h4-9,12,14,20H,10-11,13H2,1-3H3,(H,24,28)(H,26,27,29)/b25-14+. The molecule has 1 saturated heterocycles. The summed E-state index contributed by atoms with van der Waals surface area (Å²) in [6.07, 6.45) is 2.26. The van der Waals surface area contributed by atoms with Gasteiger partial charge in [-0.2, -0.15) is 5.10 Å². The molecule has 0 spiro atoms. The molecule has 33 heavy (non-hydrogen) atoms. The number of benzene rings is 2. The van der Waals surface area contributed by atoms with Gasteiger partial charge >= 0.3 is 0 Å². The molecule has 2 amide bonds. The number of amidine groups is 1.